The normalized spacial score (nSPS) is 11.1. The number of hydrogen-bond donors (Lipinski definition) is 0. The number of benzene rings is 3. The molecule has 1 aromatic heterocycles. The summed E-state index contributed by atoms with van der Waals surface area (Å²) in [6.45, 7) is 4.74. The quantitative estimate of drug-likeness (QED) is 0.319. The van der Waals surface area contributed by atoms with Gasteiger partial charge >= 0.3 is 5.63 Å². The van der Waals surface area contributed by atoms with Crippen molar-refractivity contribution in [1.29, 1.82) is 5.26 Å². The van der Waals surface area contributed by atoms with Gasteiger partial charge in [-0.2, -0.15) is 5.26 Å². The van der Waals surface area contributed by atoms with E-state index in [4.69, 9.17) is 13.9 Å². The first-order valence-electron chi connectivity index (χ1n) is 11.1. The van der Waals surface area contributed by atoms with E-state index in [1.54, 1.807) is 31.4 Å². The molecular formula is C29H25NO4. The van der Waals surface area contributed by atoms with Gasteiger partial charge in [-0.3, -0.25) is 0 Å². The zero-order chi connectivity index (χ0) is 24.1. The molecule has 0 aliphatic heterocycles. The van der Waals surface area contributed by atoms with Crippen LogP contribution in [-0.2, 0) is 0 Å². The van der Waals surface area contributed by atoms with Crippen molar-refractivity contribution in [2.45, 2.75) is 13.8 Å². The van der Waals surface area contributed by atoms with E-state index in [0.717, 1.165) is 22.1 Å². The first-order valence-corrected chi connectivity index (χ1v) is 11.1. The highest BCUT2D eigenvalue weighted by atomic mass is 16.5. The van der Waals surface area contributed by atoms with E-state index in [0.29, 0.717) is 40.7 Å². The lowest BCUT2D eigenvalue weighted by molar-refractivity contribution is 0.269. The smallest absolute Gasteiger partial charge is 0.344 e. The van der Waals surface area contributed by atoms with Crippen molar-refractivity contribution in [2.75, 3.05) is 13.7 Å². The summed E-state index contributed by atoms with van der Waals surface area (Å²) in [6.07, 6.45) is 3.61. The van der Waals surface area contributed by atoms with Gasteiger partial charge in [-0.1, -0.05) is 50.2 Å². The maximum Gasteiger partial charge on any atom is 0.344 e. The van der Waals surface area contributed by atoms with Crippen LogP contribution >= 0.6 is 0 Å². The molecular weight excluding hydrogens is 426 g/mol. The highest BCUT2D eigenvalue weighted by Gasteiger charge is 2.15. The topological polar surface area (TPSA) is 72.5 Å². The van der Waals surface area contributed by atoms with Gasteiger partial charge in [0.2, 0.25) is 0 Å². The summed E-state index contributed by atoms with van der Waals surface area (Å²) < 4.78 is 17.3. The van der Waals surface area contributed by atoms with Gasteiger partial charge in [0, 0.05) is 10.9 Å². The molecule has 1 heterocycles. The van der Waals surface area contributed by atoms with E-state index < -0.39 is 5.63 Å². The van der Waals surface area contributed by atoms with Gasteiger partial charge < -0.3 is 13.9 Å². The third-order valence-corrected chi connectivity index (χ3v) is 5.39. The van der Waals surface area contributed by atoms with Crippen molar-refractivity contribution < 1.29 is 13.9 Å². The van der Waals surface area contributed by atoms with Crippen LogP contribution in [0.4, 0.5) is 0 Å². The van der Waals surface area contributed by atoms with Gasteiger partial charge in [0.25, 0.3) is 0 Å². The van der Waals surface area contributed by atoms with Gasteiger partial charge in [-0.05, 0) is 54.0 Å². The van der Waals surface area contributed by atoms with E-state index in [9.17, 15) is 10.1 Å². The maximum absolute atomic E-state index is 12.8. The Hall–Kier alpha value is -4.30. The lowest BCUT2D eigenvalue weighted by atomic mass is 9.97. The minimum Gasteiger partial charge on any atom is -0.496 e. The first kappa shape index (κ1) is 22.9. The fourth-order valence-electron chi connectivity index (χ4n) is 3.75. The van der Waals surface area contributed by atoms with Crippen molar-refractivity contribution in [3.63, 3.8) is 0 Å². The van der Waals surface area contributed by atoms with Crippen LogP contribution in [0.3, 0.4) is 0 Å². The average Bonchev–Trinajstić information content (AvgIpc) is 2.86. The Morgan fingerprint density at radius 2 is 1.65 bits per heavy atom. The lowest BCUT2D eigenvalue weighted by Crippen LogP contribution is -2.06. The summed E-state index contributed by atoms with van der Waals surface area (Å²) >= 11 is 0. The van der Waals surface area contributed by atoms with E-state index in [-0.39, 0.29) is 0 Å². The number of hydrogen-bond acceptors (Lipinski definition) is 5. The molecule has 0 saturated carbocycles. The molecule has 5 nitrogen and oxygen atoms in total. The molecule has 34 heavy (non-hydrogen) atoms. The molecule has 3 aromatic carbocycles. The van der Waals surface area contributed by atoms with Crippen LogP contribution in [0.15, 0.2) is 75.9 Å². The van der Waals surface area contributed by atoms with Crippen molar-refractivity contribution in [1.82, 2.24) is 0 Å². The van der Waals surface area contributed by atoms with Crippen LogP contribution in [0.2, 0.25) is 0 Å². The van der Waals surface area contributed by atoms with E-state index in [1.165, 1.54) is 0 Å². The molecule has 0 N–H and O–H groups in total. The molecule has 0 aliphatic rings. The number of nitrogens with zero attached hydrogens (tertiary/aromatic N) is 1. The highest BCUT2D eigenvalue weighted by Crippen LogP contribution is 2.34. The number of ether oxygens (including phenoxy) is 2. The van der Waals surface area contributed by atoms with Crippen molar-refractivity contribution >= 4 is 22.9 Å². The molecule has 4 rings (SSSR count). The standard InChI is InChI=1S/C29H25NO4/c1-19(2)18-33-26-10-6-9-25(32-3)24(26)15-16-27-28(21-13-11-20(17-30)12-14-21)22-7-4-5-8-23(22)29(31)34-27/h4-16,19H,18H2,1-3H3/b16-15+. The molecule has 0 amide bonds. The van der Waals surface area contributed by atoms with Crippen LogP contribution in [0.25, 0.3) is 34.1 Å². The SMILES string of the molecule is COc1cccc(OCC(C)C)c1/C=C/c1oc(=O)c2ccccc2c1-c1ccc(C#N)cc1. The van der Waals surface area contributed by atoms with Gasteiger partial charge in [0.05, 0.1) is 36.3 Å². The zero-order valence-electron chi connectivity index (χ0n) is 19.4. The predicted molar refractivity (Wildman–Crippen MR) is 135 cm³/mol. The summed E-state index contributed by atoms with van der Waals surface area (Å²) in [7, 11) is 1.61. The first-order chi connectivity index (χ1) is 16.5. The van der Waals surface area contributed by atoms with E-state index in [1.807, 2.05) is 54.6 Å². The molecule has 0 fully saturated rings. The third-order valence-electron chi connectivity index (χ3n) is 5.39. The third kappa shape index (κ3) is 4.72. The molecule has 0 bridgehead atoms. The Kier molecular flexibility index (Phi) is 6.79. The van der Waals surface area contributed by atoms with Crippen LogP contribution in [0, 0.1) is 17.2 Å². The largest absolute Gasteiger partial charge is 0.496 e. The number of methoxy groups -OCH3 is 1. The molecule has 170 valence electrons. The fourth-order valence-corrected chi connectivity index (χ4v) is 3.75. The molecule has 0 unspecified atom stereocenters. The summed E-state index contributed by atoms with van der Waals surface area (Å²) in [6, 6.07) is 22.3. The number of rotatable bonds is 7. The molecule has 0 aliphatic carbocycles. The molecule has 4 aromatic rings. The summed E-state index contributed by atoms with van der Waals surface area (Å²) in [4.78, 5) is 12.8. The number of fused-ring (bicyclic) bond motifs is 1. The van der Waals surface area contributed by atoms with Crippen LogP contribution in [0.1, 0.15) is 30.7 Å². The molecule has 0 spiro atoms. The maximum atomic E-state index is 12.8. The second-order valence-corrected chi connectivity index (χ2v) is 8.27. The number of nitriles is 1. The lowest BCUT2D eigenvalue weighted by Gasteiger charge is -2.14. The fraction of sp³-hybridized carbons (Fsp3) is 0.172. The van der Waals surface area contributed by atoms with Gasteiger partial charge in [0.1, 0.15) is 17.3 Å². The van der Waals surface area contributed by atoms with Crippen molar-refractivity contribution in [3.8, 4) is 28.7 Å². The predicted octanol–water partition coefficient (Wildman–Crippen LogP) is 6.55. The Morgan fingerprint density at radius 3 is 2.32 bits per heavy atom. The van der Waals surface area contributed by atoms with Gasteiger partial charge in [0.15, 0.2) is 0 Å². The van der Waals surface area contributed by atoms with Crippen LogP contribution < -0.4 is 15.1 Å². The van der Waals surface area contributed by atoms with E-state index >= 15 is 0 Å². The summed E-state index contributed by atoms with van der Waals surface area (Å²) in [5.41, 5.74) is 2.52. The summed E-state index contributed by atoms with van der Waals surface area (Å²) in [5.74, 6) is 2.12. The van der Waals surface area contributed by atoms with Crippen molar-refractivity contribution in [3.05, 3.63) is 94.0 Å². The second kappa shape index (κ2) is 10.1. The molecule has 5 heteroatoms. The van der Waals surface area contributed by atoms with Gasteiger partial charge in [-0.15, -0.1) is 0 Å². The monoisotopic (exact) mass is 451 g/mol. The Morgan fingerprint density at radius 1 is 0.941 bits per heavy atom. The average molecular weight is 452 g/mol. The Labute approximate surface area is 198 Å². The summed E-state index contributed by atoms with van der Waals surface area (Å²) in [5, 5.41) is 10.5. The Bertz CT molecular complexity index is 1440. The van der Waals surface area contributed by atoms with E-state index in [2.05, 4.69) is 19.9 Å². The minimum absolute atomic E-state index is 0.365. The molecule has 0 saturated heterocycles. The zero-order valence-corrected chi connectivity index (χ0v) is 19.4. The highest BCUT2D eigenvalue weighted by molar-refractivity contribution is 5.99. The Balaban J connectivity index is 1.89. The van der Waals surface area contributed by atoms with Crippen LogP contribution in [-0.4, -0.2) is 13.7 Å². The second-order valence-electron chi connectivity index (χ2n) is 8.27. The van der Waals surface area contributed by atoms with Crippen LogP contribution in [0.5, 0.6) is 11.5 Å². The molecule has 0 radical (unpaired) electrons. The molecule has 0 atom stereocenters. The van der Waals surface area contributed by atoms with Gasteiger partial charge in [-0.25, -0.2) is 4.79 Å². The minimum atomic E-state index is -0.413. The van der Waals surface area contributed by atoms with Crippen molar-refractivity contribution in [2.24, 2.45) is 5.92 Å².